The molecule has 0 spiro atoms. The van der Waals surface area contributed by atoms with Gasteiger partial charge < -0.3 is 16.2 Å². The van der Waals surface area contributed by atoms with Gasteiger partial charge in [-0.25, -0.2) is 0 Å². The van der Waals surface area contributed by atoms with Gasteiger partial charge in [0.25, 0.3) is 0 Å². The molecule has 1 unspecified atom stereocenters. The Hall–Kier alpha value is -1.10. The molecule has 1 saturated carbocycles. The lowest BCUT2D eigenvalue weighted by molar-refractivity contribution is -0.138. The van der Waals surface area contributed by atoms with Crippen molar-refractivity contribution in [3.63, 3.8) is 0 Å². The van der Waals surface area contributed by atoms with Gasteiger partial charge in [-0.3, -0.25) is 9.59 Å². The van der Waals surface area contributed by atoms with Crippen LogP contribution in [0.2, 0.25) is 0 Å². The van der Waals surface area contributed by atoms with E-state index in [1.807, 2.05) is 0 Å². The van der Waals surface area contributed by atoms with Crippen LogP contribution in [0.4, 0.5) is 0 Å². The van der Waals surface area contributed by atoms with Crippen LogP contribution in [0.5, 0.6) is 0 Å². The SMILES string of the molecule is CC(C)(CC(=O)O)NC(=O)CC(N)C1CC1. The average Bonchev–Trinajstić information content (AvgIpc) is 2.79. The monoisotopic (exact) mass is 228 g/mol. The van der Waals surface area contributed by atoms with E-state index in [1.165, 1.54) is 0 Å². The normalized spacial score (nSPS) is 17.9. The molecule has 0 radical (unpaired) electrons. The van der Waals surface area contributed by atoms with Crippen molar-refractivity contribution in [1.29, 1.82) is 0 Å². The highest BCUT2D eigenvalue weighted by Crippen LogP contribution is 2.32. The number of nitrogens with two attached hydrogens (primary N) is 1. The summed E-state index contributed by atoms with van der Waals surface area (Å²) in [5.41, 5.74) is 5.11. The van der Waals surface area contributed by atoms with Crippen molar-refractivity contribution in [2.45, 2.75) is 51.1 Å². The highest BCUT2D eigenvalue weighted by Gasteiger charge is 2.31. The summed E-state index contributed by atoms with van der Waals surface area (Å²) in [7, 11) is 0. The predicted octanol–water partition coefficient (Wildman–Crippen LogP) is 0.483. The molecule has 1 rings (SSSR count). The summed E-state index contributed by atoms with van der Waals surface area (Å²) in [6, 6.07) is -0.0828. The summed E-state index contributed by atoms with van der Waals surface area (Å²) in [4.78, 5) is 22.2. The Kier molecular flexibility index (Phi) is 3.91. The van der Waals surface area contributed by atoms with Crippen molar-refractivity contribution in [3.8, 4) is 0 Å². The second-order valence-electron chi connectivity index (χ2n) is 5.21. The first-order chi connectivity index (χ1) is 7.30. The van der Waals surface area contributed by atoms with Gasteiger partial charge in [0.05, 0.1) is 6.42 Å². The van der Waals surface area contributed by atoms with E-state index in [2.05, 4.69) is 5.32 Å². The number of carbonyl (C=O) groups is 2. The maximum atomic E-state index is 11.6. The standard InChI is InChI=1S/C11H20N2O3/c1-11(2,6-10(15)16)13-9(14)5-8(12)7-3-4-7/h7-8H,3-6,12H2,1-2H3,(H,13,14)(H,15,16). The van der Waals surface area contributed by atoms with E-state index in [0.717, 1.165) is 12.8 Å². The van der Waals surface area contributed by atoms with Crippen LogP contribution >= 0.6 is 0 Å². The fraction of sp³-hybridized carbons (Fsp3) is 0.818. The van der Waals surface area contributed by atoms with Gasteiger partial charge in [-0.15, -0.1) is 0 Å². The Bertz CT molecular complexity index is 285. The molecule has 5 heteroatoms. The molecule has 0 heterocycles. The molecule has 0 aromatic carbocycles. The van der Waals surface area contributed by atoms with E-state index in [0.29, 0.717) is 5.92 Å². The van der Waals surface area contributed by atoms with E-state index in [-0.39, 0.29) is 24.8 Å². The van der Waals surface area contributed by atoms with Crippen LogP contribution in [-0.2, 0) is 9.59 Å². The van der Waals surface area contributed by atoms with Gasteiger partial charge in [0.15, 0.2) is 0 Å². The Morgan fingerprint density at radius 1 is 1.50 bits per heavy atom. The van der Waals surface area contributed by atoms with Crippen LogP contribution in [0, 0.1) is 5.92 Å². The fourth-order valence-electron chi connectivity index (χ4n) is 1.76. The van der Waals surface area contributed by atoms with E-state index < -0.39 is 11.5 Å². The van der Waals surface area contributed by atoms with Crippen LogP contribution < -0.4 is 11.1 Å². The molecule has 1 aliphatic rings. The number of hydrogen-bond donors (Lipinski definition) is 3. The Balaban J connectivity index is 2.34. The van der Waals surface area contributed by atoms with Gasteiger partial charge in [-0.2, -0.15) is 0 Å². The molecule has 16 heavy (non-hydrogen) atoms. The van der Waals surface area contributed by atoms with Crippen LogP contribution in [0.25, 0.3) is 0 Å². The average molecular weight is 228 g/mol. The third kappa shape index (κ3) is 4.61. The number of carbonyl (C=O) groups excluding carboxylic acids is 1. The van der Waals surface area contributed by atoms with Gasteiger partial charge >= 0.3 is 5.97 Å². The van der Waals surface area contributed by atoms with Crippen LogP contribution in [-0.4, -0.2) is 28.6 Å². The summed E-state index contributed by atoms with van der Waals surface area (Å²) < 4.78 is 0. The smallest absolute Gasteiger partial charge is 0.305 e. The summed E-state index contributed by atoms with van der Waals surface area (Å²) in [5.74, 6) is -0.601. The molecular formula is C11H20N2O3. The lowest BCUT2D eigenvalue weighted by Crippen LogP contribution is -2.46. The maximum absolute atomic E-state index is 11.6. The molecule has 92 valence electrons. The van der Waals surface area contributed by atoms with E-state index in [1.54, 1.807) is 13.8 Å². The summed E-state index contributed by atoms with van der Waals surface area (Å²) in [5, 5.41) is 11.4. The summed E-state index contributed by atoms with van der Waals surface area (Å²) in [6.07, 6.45) is 2.41. The van der Waals surface area contributed by atoms with E-state index >= 15 is 0 Å². The molecule has 1 aliphatic carbocycles. The molecule has 0 aliphatic heterocycles. The Morgan fingerprint density at radius 2 is 2.06 bits per heavy atom. The van der Waals surface area contributed by atoms with Gasteiger partial charge in [0.1, 0.15) is 0 Å². The third-order valence-corrected chi connectivity index (χ3v) is 2.72. The number of nitrogens with one attached hydrogen (secondary N) is 1. The van der Waals surface area contributed by atoms with E-state index in [4.69, 9.17) is 10.8 Å². The van der Waals surface area contributed by atoms with Gasteiger partial charge in [-0.1, -0.05) is 0 Å². The molecule has 1 atom stereocenters. The molecule has 1 amide bonds. The summed E-state index contributed by atoms with van der Waals surface area (Å²) >= 11 is 0. The zero-order chi connectivity index (χ0) is 12.3. The quantitative estimate of drug-likeness (QED) is 0.616. The van der Waals surface area contributed by atoms with Crippen molar-refractivity contribution in [3.05, 3.63) is 0 Å². The number of rotatable bonds is 6. The fourth-order valence-corrected chi connectivity index (χ4v) is 1.76. The van der Waals surface area contributed by atoms with Crippen molar-refractivity contribution in [1.82, 2.24) is 5.32 Å². The molecule has 0 aromatic heterocycles. The molecular weight excluding hydrogens is 208 g/mol. The van der Waals surface area contributed by atoms with Crippen LogP contribution in [0.1, 0.15) is 39.5 Å². The number of carboxylic acids is 1. The zero-order valence-corrected chi connectivity index (χ0v) is 9.82. The minimum Gasteiger partial charge on any atom is -0.481 e. The predicted molar refractivity (Wildman–Crippen MR) is 59.8 cm³/mol. The number of carboxylic acid groups (broad SMARTS) is 1. The third-order valence-electron chi connectivity index (χ3n) is 2.72. The molecule has 1 fully saturated rings. The zero-order valence-electron chi connectivity index (χ0n) is 9.82. The topological polar surface area (TPSA) is 92.4 Å². The van der Waals surface area contributed by atoms with Gasteiger partial charge in [0.2, 0.25) is 5.91 Å². The summed E-state index contributed by atoms with van der Waals surface area (Å²) in [6.45, 7) is 3.39. The van der Waals surface area contributed by atoms with Crippen molar-refractivity contribution in [2.75, 3.05) is 0 Å². The first-order valence-electron chi connectivity index (χ1n) is 5.58. The molecule has 4 N–H and O–H groups in total. The van der Waals surface area contributed by atoms with Gasteiger partial charge in [0, 0.05) is 18.0 Å². The molecule has 0 bridgehead atoms. The number of amides is 1. The highest BCUT2D eigenvalue weighted by molar-refractivity contribution is 5.78. The second kappa shape index (κ2) is 4.82. The number of hydrogen-bond acceptors (Lipinski definition) is 3. The lowest BCUT2D eigenvalue weighted by atomic mass is 10.00. The Labute approximate surface area is 95.4 Å². The number of aliphatic carboxylic acids is 1. The van der Waals surface area contributed by atoms with Crippen LogP contribution in [0.15, 0.2) is 0 Å². The van der Waals surface area contributed by atoms with E-state index in [9.17, 15) is 9.59 Å². The lowest BCUT2D eigenvalue weighted by Gasteiger charge is -2.25. The molecule has 0 saturated heterocycles. The minimum absolute atomic E-state index is 0.0828. The first-order valence-corrected chi connectivity index (χ1v) is 5.58. The molecule has 0 aromatic rings. The minimum atomic E-state index is -0.920. The van der Waals surface area contributed by atoms with Crippen molar-refractivity contribution in [2.24, 2.45) is 11.7 Å². The largest absolute Gasteiger partial charge is 0.481 e. The Morgan fingerprint density at radius 3 is 2.50 bits per heavy atom. The van der Waals surface area contributed by atoms with Crippen LogP contribution in [0.3, 0.4) is 0 Å². The maximum Gasteiger partial charge on any atom is 0.305 e. The second-order valence-corrected chi connectivity index (χ2v) is 5.21. The molecule has 5 nitrogen and oxygen atoms in total. The highest BCUT2D eigenvalue weighted by atomic mass is 16.4. The van der Waals surface area contributed by atoms with Crippen molar-refractivity contribution < 1.29 is 14.7 Å². The van der Waals surface area contributed by atoms with Crippen molar-refractivity contribution >= 4 is 11.9 Å². The first kappa shape index (κ1) is 13.0. The van der Waals surface area contributed by atoms with Gasteiger partial charge in [-0.05, 0) is 32.6 Å².